The first-order valence-corrected chi connectivity index (χ1v) is 31.7. The predicted octanol–water partition coefficient (Wildman–Crippen LogP) is 18.5. The Labute approximate surface area is 512 Å². The van der Waals surface area contributed by atoms with Gasteiger partial charge in [0.05, 0.1) is 0 Å². The van der Waals surface area contributed by atoms with Crippen LogP contribution < -0.4 is 13.7 Å². The van der Waals surface area contributed by atoms with Gasteiger partial charge < -0.3 is 0 Å². The minimum Gasteiger partial charge on any atom is -0.201 e. The molecule has 3 heterocycles. The van der Waals surface area contributed by atoms with Crippen LogP contribution in [0.5, 0.6) is 0 Å². The molecular formula is C81H90N3+3. The summed E-state index contributed by atoms with van der Waals surface area (Å²) in [5, 5.41) is 0. The summed E-state index contributed by atoms with van der Waals surface area (Å²) in [5.41, 5.74) is 25.2. The van der Waals surface area contributed by atoms with E-state index in [1.54, 1.807) is 0 Å². The zero-order valence-corrected chi connectivity index (χ0v) is 51.1. The Hall–Kier alpha value is -7.23. The van der Waals surface area contributed by atoms with E-state index >= 15 is 0 Å². The van der Waals surface area contributed by atoms with Crippen LogP contribution in [0.4, 0.5) is 0 Å². The summed E-state index contributed by atoms with van der Waals surface area (Å²) in [6.45, 7) is 8.64. The van der Waals surface area contributed by atoms with E-state index in [0.717, 1.165) is 135 Å². The van der Waals surface area contributed by atoms with E-state index in [0.29, 0.717) is 0 Å². The fraction of sp³-hybridized carbons (Fsp3) is 0.370. The molecule has 0 amide bonds. The fourth-order valence-electron chi connectivity index (χ4n) is 15.5. The van der Waals surface area contributed by atoms with Crippen molar-refractivity contribution in [2.24, 2.45) is 37.4 Å². The lowest BCUT2D eigenvalue weighted by molar-refractivity contribution is -0.660. The molecule has 6 aliphatic rings. The summed E-state index contributed by atoms with van der Waals surface area (Å²) in [7, 11) is 6.28. The van der Waals surface area contributed by atoms with Crippen molar-refractivity contribution >= 4 is 0 Å². The number of aromatic nitrogens is 3. The molecular weight excluding hydrogens is 1010 g/mol. The zero-order valence-electron chi connectivity index (χ0n) is 57.1. The van der Waals surface area contributed by atoms with Crippen molar-refractivity contribution in [3.05, 3.63) is 232 Å². The molecule has 3 heteroatoms. The van der Waals surface area contributed by atoms with Crippen molar-refractivity contribution in [1.82, 2.24) is 0 Å². The van der Waals surface area contributed by atoms with Crippen molar-refractivity contribution < 1.29 is 21.9 Å². The molecule has 426 valence electrons. The van der Waals surface area contributed by atoms with Gasteiger partial charge in [-0.2, -0.15) is 0 Å². The zero-order chi connectivity index (χ0) is 63.0. The molecule has 0 N–H and O–H groups in total. The maximum atomic E-state index is 9.07. The molecule has 0 atom stereocenters. The molecule has 9 aromatic rings. The van der Waals surface area contributed by atoms with Gasteiger partial charge in [-0.05, 0) is 222 Å². The predicted molar refractivity (Wildman–Crippen MR) is 349 cm³/mol. The van der Waals surface area contributed by atoms with Crippen LogP contribution in [0.25, 0.3) is 67.2 Å². The minimum atomic E-state index is -1.24. The largest absolute Gasteiger partial charge is 0.213 e. The molecule has 3 spiro atoms. The van der Waals surface area contributed by atoms with Crippen molar-refractivity contribution in [2.75, 3.05) is 0 Å². The lowest BCUT2D eigenvalue weighted by Crippen LogP contribution is -2.31. The molecule has 3 saturated carbocycles. The van der Waals surface area contributed by atoms with Gasteiger partial charge in [-0.1, -0.05) is 161 Å². The Kier molecular flexibility index (Phi) is 13.6. The number of aryl methyl sites for hydroxylation is 7. The summed E-state index contributed by atoms with van der Waals surface area (Å²) >= 11 is 0. The first-order valence-electron chi connectivity index (χ1n) is 34.7. The molecule has 15 rings (SSSR count). The summed E-state index contributed by atoms with van der Waals surface area (Å²) in [5.74, 6) is 0. The summed E-state index contributed by atoms with van der Waals surface area (Å²) in [6.07, 6.45) is 21.0. The highest BCUT2D eigenvalue weighted by molar-refractivity contribution is 5.74. The van der Waals surface area contributed by atoms with Crippen LogP contribution in [0.2, 0.25) is 0 Å². The van der Waals surface area contributed by atoms with E-state index in [1.807, 2.05) is 0 Å². The Morgan fingerprint density at radius 2 is 0.667 bits per heavy atom. The number of hydrogen-bond donors (Lipinski definition) is 0. The number of rotatable bonds is 6. The normalized spacial score (nSPS) is 20.4. The van der Waals surface area contributed by atoms with Crippen molar-refractivity contribution in [2.45, 2.75) is 156 Å². The molecule has 3 fully saturated rings. The molecule has 0 radical (unpaired) electrons. The monoisotopic (exact) mass is 1110 g/mol. The minimum absolute atomic E-state index is 0.177. The Morgan fingerprint density at radius 3 is 1.12 bits per heavy atom. The topological polar surface area (TPSA) is 11.6 Å². The number of pyridine rings is 3. The third-order valence-electron chi connectivity index (χ3n) is 20.3. The highest BCUT2D eigenvalue weighted by Gasteiger charge is 2.41. The summed E-state index contributed by atoms with van der Waals surface area (Å²) < 4.78 is 60.6. The van der Waals surface area contributed by atoms with Crippen LogP contribution in [0, 0.1) is 43.9 Å². The van der Waals surface area contributed by atoms with Crippen molar-refractivity contribution in [3.8, 4) is 67.2 Å². The van der Waals surface area contributed by atoms with E-state index < -0.39 is 19.1 Å². The molecule has 3 aromatic heterocycles. The van der Waals surface area contributed by atoms with Gasteiger partial charge in [0.15, 0.2) is 18.6 Å². The van der Waals surface area contributed by atoms with Gasteiger partial charge in [-0.15, -0.1) is 0 Å². The van der Waals surface area contributed by atoms with Crippen LogP contribution in [-0.2, 0) is 59.5 Å². The van der Waals surface area contributed by atoms with E-state index in [2.05, 4.69) is 239 Å². The molecule has 84 heavy (non-hydrogen) atoms. The van der Waals surface area contributed by atoms with Gasteiger partial charge in [0.2, 0.25) is 17.1 Å². The second kappa shape index (κ2) is 23.3. The molecule has 6 aliphatic carbocycles. The van der Waals surface area contributed by atoms with E-state index in [-0.39, 0.29) is 16.2 Å². The maximum absolute atomic E-state index is 9.07. The van der Waals surface area contributed by atoms with Gasteiger partial charge in [-0.3, -0.25) is 0 Å². The molecule has 6 aromatic carbocycles. The first-order chi connectivity index (χ1) is 43.1. The number of benzene rings is 6. The third kappa shape index (κ3) is 11.3. The summed E-state index contributed by atoms with van der Waals surface area (Å²) in [4.78, 5) is 0. The fourth-order valence-corrected chi connectivity index (χ4v) is 15.5. The third-order valence-corrected chi connectivity index (χ3v) is 20.3. The standard InChI is InChI=1S/C28H32N.C27H30N.C26H28N/c1-20-9-5-6-10-25(20)27-15-21(2)26(19-29(27)3)22-11-12-23-17-28(18-24(23)16-22)13-7-4-8-14-28;1-20-8-4-5-9-25(20)26-17-22(12-15-28(26)2)21-10-11-23-18-27(19-24(23)16-21)13-6-3-7-14-27;1-19-7-3-4-8-24(19)25-16-21(11-14-27(25)2)20-9-10-22-17-26(12-5-6-13-26)18-23(22)15-20/h5-6,9-12,15-16,19H,4,7-8,13-14,17-18H2,1-3H3;4-5,8-12,15-17H,3,6-7,13-14,18-19H2,1-2H3;3-4,7-11,14-16H,5-6,12-13,17-18H2,1-2H3/q3*+1/i17D2;19D2;18D2. The molecule has 0 unspecified atom stereocenters. The second-order valence-corrected chi connectivity index (χ2v) is 26.3. The maximum Gasteiger partial charge on any atom is 0.213 e. The van der Waals surface area contributed by atoms with Crippen LogP contribution in [0.1, 0.15) is 154 Å². The smallest absolute Gasteiger partial charge is 0.201 e. The Bertz CT molecular complexity index is 4210. The van der Waals surface area contributed by atoms with Gasteiger partial charge in [0, 0.05) is 60.8 Å². The molecule has 0 saturated heterocycles. The van der Waals surface area contributed by atoms with Crippen LogP contribution >= 0.6 is 0 Å². The van der Waals surface area contributed by atoms with Crippen LogP contribution in [0.3, 0.4) is 0 Å². The first kappa shape index (κ1) is 49.1. The summed E-state index contributed by atoms with van der Waals surface area (Å²) in [6, 6.07) is 56.0. The SMILES string of the molecule is [2H]C1([2H])c2cc(-c3cc[n+](C)c(-c4ccccc4C)c3)ccc2CC12CCCC2.[2H]C1([2H])c2cc(-c3cc[n+](C)c(-c4ccccc4C)c3)ccc2CC12CCCCC2.[2H]C1([2H])c2ccc(-c3c[n+](C)c(-c4ccccc4C)cc3C)cc2CC12CCCCC2. The number of fused-ring (bicyclic) bond motifs is 3. The average molecular weight is 1110 g/mol. The number of hydrogen-bond acceptors (Lipinski definition) is 0. The van der Waals surface area contributed by atoms with Crippen LogP contribution in [-0.4, -0.2) is 0 Å². The van der Waals surface area contributed by atoms with Crippen molar-refractivity contribution in [3.63, 3.8) is 0 Å². The molecule has 3 nitrogen and oxygen atoms in total. The quantitative estimate of drug-likeness (QED) is 0.147. The van der Waals surface area contributed by atoms with E-state index in [1.165, 1.54) is 96.7 Å². The highest BCUT2D eigenvalue weighted by Crippen LogP contribution is 2.51. The average Bonchev–Trinajstić information content (AvgIpc) is 1.58. The second-order valence-electron chi connectivity index (χ2n) is 26.3. The Morgan fingerprint density at radius 1 is 0.310 bits per heavy atom. The Balaban J connectivity index is 0.000000124. The molecule has 0 aliphatic heterocycles. The van der Waals surface area contributed by atoms with E-state index in [4.69, 9.17) is 8.22 Å². The lowest BCUT2D eigenvalue weighted by atomic mass is 9.72. The highest BCUT2D eigenvalue weighted by atomic mass is 14.9. The lowest BCUT2D eigenvalue weighted by Gasteiger charge is -2.33. The molecule has 0 bridgehead atoms. The number of nitrogens with zero attached hydrogens (tertiary/aromatic N) is 3. The van der Waals surface area contributed by atoms with E-state index in [9.17, 15) is 0 Å². The van der Waals surface area contributed by atoms with Gasteiger partial charge >= 0.3 is 0 Å². The van der Waals surface area contributed by atoms with Gasteiger partial charge in [-0.25, -0.2) is 13.7 Å². The van der Waals surface area contributed by atoms with Gasteiger partial charge in [0.25, 0.3) is 0 Å². The van der Waals surface area contributed by atoms with Gasteiger partial charge in [0.1, 0.15) is 21.1 Å². The van der Waals surface area contributed by atoms with Crippen LogP contribution in [0.15, 0.2) is 176 Å². The van der Waals surface area contributed by atoms with Crippen molar-refractivity contribution in [1.29, 1.82) is 0 Å².